The Hall–Kier alpha value is -2.80. The van der Waals surface area contributed by atoms with Gasteiger partial charge in [0.15, 0.2) is 15.0 Å². The molecule has 2 aromatic carbocycles. The smallest absolute Gasteiger partial charge is 0.337 e. The van der Waals surface area contributed by atoms with Crippen LogP contribution in [0.1, 0.15) is 56.6 Å². The van der Waals surface area contributed by atoms with E-state index in [9.17, 15) is 17.8 Å². The van der Waals surface area contributed by atoms with Crippen molar-refractivity contribution in [1.29, 1.82) is 0 Å². The maximum Gasteiger partial charge on any atom is 0.337 e. The molecular formula is C29H37N2O9PS2. The first-order valence-electron chi connectivity index (χ1n) is 13.7. The summed E-state index contributed by atoms with van der Waals surface area (Å²) >= 11 is 1.19. The topological polar surface area (TPSA) is 139 Å². The molecule has 1 aliphatic carbocycles. The van der Waals surface area contributed by atoms with E-state index in [1.165, 1.54) is 23.5 Å². The average Bonchev–Trinajstić information content (AvgIpc) is 3.50. The summed E-state index contributed by atoms with van der Waals surface area (Å²) in [6.45, 7) is 7.53. The molecule has 0 radical (unpaired) electrons. The van der Waals surface area contributed by atoms with Gasteiger partial charge in [0, 0.05) is 30.4 Å². The molecule has 3 aromatic rings. The minimum absolute atomic E-state index is 0.0310. The molecule has 0 atom stereocenters. The fourth-order valence-electron chi connectivity index (χ4n) is 4.19. The minimum atomic E-state index is -3.46. The number of carbonyl (C=O) groups is 1. The normalized spacial score (nSPS) is 14.6. The molecule has 234 valence electrons. The number of hydrogen-bond acceptors (Lipinski definition) is 11. The monoisotopic (exact) mass is 652 g/mol. The summed E-state index contributed by atoms with van der Waals surface area (Å²) in [6, 6.07) is 10.8. The van der Waals surface area contributed by atoms with E-state index in [-0.39, 0.29) is 28.8 Å². The third kappa shape index (κ3) is 9.59. The quantitative estimate of drug-likeness (QED) is 0.177. The summed E-state index contributed by atoms with van der Waals surface area (Å²) in [6.07, 6.45) is 2.12. The number of nitrogens with zero attached hydrogens (tertiary/aromatic N) is 1. The van der Waals surface area contributed by atoms with Crippen LogP contribution in [-0.2, 0) is 34.3 Å². The first kappa shape index (κ1) is 33.1. The lowest BCUT2D eigenvalue weighted by atomic mass is 10.2. The largest absolute Gasteiger partial charge is 0.485 e. The summed E-state index contributed by atoms with van der Waals surface area (Å²) in [5.74, 6) is 0.665. The van der Waals surface area contributed by atoms with Crippen molar-refractivity contribution in [3.05, 3.63) is 59.1 Å². The van der Waals surface area contributed by atoms with Gasteiger partial charge >= 0.3 is 7.60 Å². The number of anilines is 1. The summed E-state index contributed by atoms with van der Waals surface area (Å²) in [4.78, 5) is 18.0. The fourth-order valence-corrected chi connectivity index (χ4v) is 7.69. The molecule has 1 saturated carbocycles. The van der Waals surface area contributed by atoms with Crippen molar-refractivity contribution < 1.29 is 41.0 Å². The Balaban J connectivity index is 1.55. The third-order valence-electron chi connectivity index (χ3n) is 6.05. The van der Waals surface area contributed by atoms with Crippen LogP contribution in [0.5, 0.6) is 17.2 Å². The predicted molar refractivity (Wildman–Crippen MR) is 164 cm³/mol. The van der Waals surface area contributed by atoms with Gasteiger partial charge in [-0.05, 0) is 76.9 Å². The molecule has 1 N–H and O–H groups in total. The van der Waals surface area contributed by atoms with Gasteiger partial charge in [0.2, 0.25) is 0 Å². The van der Waals surface area contributed by atoms with Crippen molar-refractivity contribution in [1.82, 2.24) is 4.98 Å². The lowest BCUT2D eigenvalue weighted by Gasteiger charge is -2.22. The molecule has 14 heteroatoms. The van der Waals surface area contributed by atoms with Crippen LogP contribution in [0.2, 0.25) is 0 Å². The third-order valence-corrected chi connectivity index (χ3v) is 10.2. The SMILES string of the molecule is COCC1(Oc2cc(Oc3ccc(S(C)(=O)=O)cc3)cc(C(=O)Nc3nc(CP(=O)(OC(C)C)OC(C)C)cs3)c2)CC1. The van der Waals surface area contributed by atoms with Crippen LogP contribution in [0.3, 0.4) is 0 Å². The molecule has 0 saturated heterocycles. The van der Waals surface area contributed by atoms with E-state index in [2.05, 4.69) is 10.3 Å². The van der Waals surface area contributed by atoms with E-state index in [4.69, 9.17) is 23.3 Å². The first-order chi connectivity index (χ1) is 20.2. The van der Waals surface area contributed by atoms with Crippen molar-refractivity contribution in [2.45, 2.75) is 69.4 Å². The van der Waals surface area contributed by atoms with Crippen LogP contribution in [0.25, 0.3) is 0 Å². The Bertz CT molecular complexity index is 1570. The number of nitrogens with one attached hydrogen (secondary N) is 1. The van der Waals surface area contributed by atoms with Crippen LogP contribution in [-0.4, -0.2) is 57.1 Å². The zero-order chi connectivity index (χ0) is 31.4. The Kier molecular flexibility index (Phi) is 10.4. The Morgan fingerprint density at radius 2 is 1.65 bits per heavy atom. The van der Waals surface area contributed by atoms with Gasteiger partial charge in [-0.25, -0.2) is 13.4 Å². The van der Waals surface area contributed by atoms with Gasteiger partial charge in [-0.15, -0.1) is 11.3 Å². The molecule has 0 unspecified atom stereocenters. The average molecular weight is 653 g/mol. The number of aromatic nitrogens is 1. The summed E-state index contributed by atoms with van der Waals surface area (Å²) < 4.78 is 65.7. The number of methoxy groups -OCH3 is 1. The second-order valence-corrected chi connectivity index (χ2v) is 15.8. The highest BCUT2D eigenvalue weighted by atomic mass is 32.2. The zero-order valence-corrected chi connectivity index (χ0v) is 27.5. The molecular weight excluding hydrogens is 615 g/mol. The molecule has 1 heterocycles. The van der Waals surface area contributed by atoms with Crippen LogP contribution in [0, 0.1) is 0 Å². The summed E-state index contributed by atoms with van der Waals surface area (Å²) in [7, 11) is -5.21. The van der Waals surface area contributed by atoms with Crippen molar-refractivity contribution in [2.24, 2.45) is 0 Å². The Morgan fingerprint density at radius 1 is 1.02 bits per heavy atom. The van der Waals surface area contributed by atoms with Gasteiger partial charge < -0.3 is 23.3 Å². The highest BCUT2D eigenvalue weighted by Crippen LogP contribution is 2.53. The molecule has 1 aromatic heterocycles. The number of thiazole rings is 1. The van der Waals surface area contributed by atoms with E-state index >= 15 is 0 Å². The number of hydrogen-bond donors (Lipinski definition) is 1. The van der Waals surface area contributed by atoms with E-state index in [1.54, 1.807) is 70.5 Å². The zero-order valence-electron chi connectivity index (χ0n) is 25.0. The molecule has 0 aliphatic heterocycles. The lowest BCUT2D eigenvalue weighted by Crippen LogP contribution is -2.24. The first-order valence-corrected chi connectivity index (χ1v) is 18.2. The highest BCUT2D eigenvalue weighted by Gasteiger charge is 2.46. The number of ether oxygens (including phenoxy) is 3. The molecule has 0 spiro atoms. The fraction of sp³-hybridized carbons (Fsp3) is 0.448. The van der Waals surface area contributed by atoms with Crippen LogP contribution < -0.4 is 14.8 Å². The van der Waals surface area contributed by atoms with Crippen molar-refractivity contribution in [2.75, 3.05) is 25.3 Å². The Labute approximate surface area is 256 Å². The molecule has 4 rings (SSSR count). The van der Waals surface area contributed by atoms with E-state index in [0.717, 1.165) is 19.1 Å². The molecule has 1 fully saturated rings. The Morgan fingerprint density at radius 3 is 2.21 bits per heavy atom. The molecule has 43 heavy (non-hydrogen) atoms. The molecule has 0 bridgehead atoms. The number of benzene rings is 2. The van der Waals surface area contributed by atoms with Crippen molar-refractivity contribution in [3.8, 4) is 17.2 Å². The lowest BCUT2D eigenvalue weighted by molar-refractivity contribution is 0.0636. The van der Waals surface area contributed by atoms with Gasteiger partial charge in [-0.1, -0.05) is 0 Å². The maximum atomic E-state index is 13.4. The number of sulfone groups is 1. The van der Waals surface area contributed by atoms with Crippen LogP contribution in [0.15, 0.2) is 52.7 Å². The standard InChI is InChI=1S/C29H37N2O9PS2/c1-19(2)39-41(33,40-20(3)4)16-22-17-42-28(30-22)31-27(32)21-13-24(15-25(14-21)38-29(11-12-29)18-36-5)37-23-7-9-26(10-8-23)43(6,34)35/h7-10,13-15,17,19-20H,11-12,16,18H2,1-6H3,(H,30,31,32). The molecule has 1 aliphatic rings. The van der Waals surface area contributed by atoms with Gasteiger partial charge in [0.1, 0.15) is 22.8 Å². The van der Waals surface area contributed by atoms with Crippen LogP contribution >= 0.6 is 18.9 Å². The van der Waals surface area contributed by atoms with Gasteiger partial charge in [-0.2, -0.15) is 0 Å². The van der Waals surface area contributed by atoms with Crippen molar-refractivity contribution >= 4 is 39.8 Å². The number of amides is 1. The predicted octanol–water partition coefficient (Wildman–Crippen LogP) is 6.69. The minimum Gasteiger partial charge on any atom is -0.485 e. The number of rotatable bonds is 15. The second kappa shape index (κ2) is 13.5. The van der Waals surface area contributed by atoms with Crippen LogP contribution in [0.4, 0.5) is 5.13 Å². The number of carbonyl (C=O) groups excluding carboxylic acids is 1. The van der Waals surface area contributed by atoms with Crippen molar-refractivity contribution in [3.63, 3.8) is 0 Å². The summed E-state index contributed by atoms with van der Waals surface area (Å²) in [5.41, 5.74) is 0.257. The molecule has 11 nitrogen and oxygen atoms in total. The highest BCUT2D eigenvalue weighted by molar-refractivity contribution is 7.90. The second-order valence-electron chi connectivity index (χ2n) is 10.9. The van der Waals surface area contributed by atoms with E-state index < -0.39 is 28.9 Å². The van der Waals surface area contributed by atoms with E-state index in [0.29, 0.717) is 34.7 Å². The van der Waals surface area contributed by atoms with E-state index in [1.807, 2.05) is 0 Å². The van der Waals surface area contributed by atoms with Gasteiger partial charge in [0.25, 0.3) is 5.91 Å². The summed E-state index contributed by atoms with van der Waals surface area (Å²) in [5, 5.41) is 4.80. The molecule has 1 amide bonds. The van der Waals surface area contributed by atoms with Gasteiger partial charge in [0.05, 0.1) is 35.6 Å². The maximum absolute atomic E-state index is 13.4. The van der Waals surface area contributed by atoms with Gasteiger partial charge in [-0.3, -0.25) is 14.7 Å².